The standard InChI is InChI=1S/C17H24ClN3O3/c1-20(2)7-4-8-21-11-12(9-16(21)22)17(23)19-13-5-6-15(24-3)14(18)10-13/h5-6,10,12H,4,7-9,11H2,1-3H3,(H,19,23). The molecule has 2 rings (SSSR count). The normalized spacial score (nSPS) is 17.5. The van der Waals surface area contributed by atoms with Gasteiger partial charge in [-0.25, -0.2) is 0 Å². The summed E-state index contributed by atoms with van der Waals surface area (Å²) < 4.78 is 5.09. The molecular formula is C17H24ClN3O3. The van der Waals surface area contributed by atoms with Crippen molar-refractivity contribution in [2.75, 3.05) is 46.2 Å². The number of benzene rings is 1. The third-order valence-corrected chi connectivity index (χ3v) is 4.33. The summed E-state index contributed by atoms with van der Waals surface area (Å²) in [6.07, 6.45) is 1.17. The molecule has 6 nitrogen and oxygen atoms in total. The van der Waals surface area contributed by atoms with Crippen molar-refractivity contribution in [1.82, 2.24) is 9.80 Å². The van der Waals surface area contributed by atoms with Crippen molar-refractivity contribution in [2.24, 2.45) is 5.92 Å². The Kier molecular flexibility index (Phi) is 6.45. The van der Waals surface area contributed by atoms with Gasteiger partial charge in [0.05, 0.1) is 18.1 Å². The monoisotopic (exact) mass is 353 g/mol. The van der Waals surface area contributed by atoms with E-state index in [1.807, 2.05) is 14.1 Å². The number of ether oxygens (including phenoxy) is 1. The summed E-state index contributed by atoms with van der Waals surface area (Å²) in [6, 6.07) is 5.07. The zero-order chi connectivity index (χ0) is 17.7. The van der Waals surface area contributed by atoms with Gasteiger partial charge in [0, 0.05) is 25.2 Å². The highest BCUT2D eigenvalue weighted by molar-refractivity contribution is 6.32. The molecule has 1 unspecified atom stereocenters. The van der Waals surface area contributed by atoms with Crippen molar-refractivity contribution in [2.45, 2.75) is 12.8 Å². The van der Waals surface area contributed by atoms with Gasteiger partial charge in [-0.05, 0) is 45.3 Å². The summed E-state index contributed by atoms with van der Waals surface area (Å²) in [5.74, 6) is 0.122. The highest BCUT2D eigenvalue weighted by Crippen LogP contribution is 2.28. The first-order chi connectivity index (χ1) is 11.4. The van der Waals surface area contributed by atoms with E-state index in [1.54, 1.807) is 23.1 Å². The van der Waals surface area contributed by atoms with Crippen molar-refractivity contribution in [3.8, 4) is 5.75 Å². The van der Waals surface area contributed by atoms with Gasteiger partial charge in [-0.15, -0.1) is 0 Å². The van der Waals surface area contributed by atoms with E-state index in [4.69, 9.17) is 16.3 Å². The molecule has 1 aliphatic heterocycles. The average Bonchev–Trinajstić information content (AvgIpc) is 2.88. The second-order valence-corrected chi connectivity index (χ2v) is 6.64. The summed E-state index contributed by atoms with van der Waals surface area (Å²) in [5, 5.41) is 3.26. The molecule has 0 bridgehead atoms. The molecule has 1 fully saturated rings. The second-order valence-electron chi connectivity index (χ2n) is 6.24. The molecule has 0 radical (unpaired) electrons. The van der Waals surface area contributed by atoms with Crippen LogP contribution < -0.4 is 10.1 Å². The molecular weight excluding hydrogens is 330 g/mol. The van der Waals surface area contributed by atoms with Crippen LogP contribution in [0.2, 0.25) is 5.02 Å². The lowest BCUT2D eigenvalue weighted by Crippen LogP contribution is -2.30. The Bertz CT molecular complexity index is 607. The summed E-state index contributed by atoms with van der Waals surface area (Å²) in [7, 11) is 5.54. The van der Waals surface area contributed by atoms with Crippen LogP contribution in [0.4, 0.5) is 5.69 Å². The van der Waals surface area contributed by atoms with Crippen LogP contribution in [0, 0.1) is 5.92 Å². The van der Waals surface area contributed by atoms with Crippen LogP contribution in [0.15, 0.2) is 18.2 Å². The SMILES string of the molecule is COc1ccc(NC(=O)C2CC(=O)N(CCCN(C)C)C2)cc1Cl. The quantitative estimate of drug-likeness (QED) is 0.815. The number of anilines is 1. The number of hydrogen-bond acceptors (Lipinski definition) is 4. The Morgan fingerprint density at radius 3 is 2.83 bits per heavy atom. The number of carbonyl (C=O) groups is 2. The Labute approximate surface area is 147 Å². The van der Waals surface area contributed by atoms with Crippen LogP contribution in [0.25, 0.3) is 0 Å². The number of rotatable bonds is 7. The first kappa shape index (κ1) is 18.5. The molecule has 0 aliphatic carbocycles. The van der Waals surface area contributed by atoms with Crippen LogP contribution in [0.5, 0.6) is 5.75 Å². The number of methoxy groups -OCH3 is 1. The molecule has 0 aromatic heterocycles. The van der Waals surface area contributed by atoms with Gasteiger partial charge in [0.1, 0.15) is 5.75 Å². The Morgan fingerprint density at radius 2 is 2.21 bits per heavy atom. The number of likely N-dealkylation sites (tertiary alicyclic amines) is 1. The van der Waals surface area contributed by atoms with Crippen molar-refractivity contribution in [3.63, 3.8) is 0 Å². The summed E-state index contributed by atoms with van der Waals surface area (Å²) in [4.78, 5) is 28.3. The van der Waals surface area contributed by atoms with Crippen LogP contribution in [-0.2, 0) is 9.59 Å². The highest BCUT2D eigenvalue weighted by atomic mass is 35.5. The van der Waals surface area contributed by atoms with Gasteiger partial charge in [0.25, 0.3) is 0 Å². The molecule has 0 spiro atoms. The Hall–Kier alpha value is -1.79. The minimum atomic E-state index is -0.322. The zero-order valence-electron chi connectivity index (χ0n) is 14.3. The summed E-state index contributed by atoms with van der Waals surface area (Å²) in [5.41, 5.74) is 0.601. The van der Waals surface area contributed by atoms with Gasteiger partial charge in [-0.1, -0.05) is 11.6 Å². The smallest absolute Gasteiger partial charge is 0.229 e. The molecule has 1 heterocycles. The molecule has 7 heteroatoms. The fourth-order valence-electron chi connectivity index (χ4n) is 2.73. The number of amides is 2. The molecule has 2 amide bonds. The van der Waals surface area contributed by atoms with Gasteiger partial charge >= 0.3 is 0 Å². The van der Waals surface area contributed by atoms with E-state index in [1.165, 1.54) is 7.11 Å². The van der Waals surface area contributed by atoms with Crippen LogP contribution in [0.3, 0.4) is 0 Å². The molecule has 1 aliphatic rings. The number of nitrogens with zero attached hydrogens (tertiary/aromatic N) is 2. The summed E-state index contributed by atoms with van der Waals surface area (Å²) >= 11 is 6.06. The van der Waals surface area contributed by atoms with E-state index in [0.29, 0.717) is 29.5 Å². The van der Waals surface area contributed by atoms with Gasteiger partial charge in [0.15, 0.2) is 0 Å². The first-order valence-corrected chi connectivity index (χ1v) is 8.35. The van der Waals surface area contributed by atoms with Gasteiger partial charge in [-0.2, -0.15) is 0 Å². The van der Waals surface area contributed by atoms with Crippen molar-refractivity contribution < 1.29 is 14.3 Å². The van der Waals surface area contributed by atoms with E-state index >= 15 is 0 Å². The number of nitrogens with one attached hydrogen (secondary N) is 1. The van der Waals surface area contributed by atoms with Crippen molar-refractivity contribution in [1.29, 1.82) is 0 Å². The minimum absolute atomic E-state index is 0.0432. The van der Waals surface area contributed by atoms with E-state index in [2.05, 4.69) is 10.2 Å². The fraction of sp³-hybridized carbons (Fsp3) is 0.529. The van der Waals surface area contributed by atoms with Crippen LogP contribution in [-0.4, -0.2) is 62.5 Å². The highest BCUT2D eigenvalue weighted by Gasteiger charge is 2.33. The third-order valence-electron chi connectivity index (χ3n) is 4.04. The van der Waals surface area contributed by atoms with Gasteiger partial charge in [0.2, 0.25) is 11.8 Å². The Balaban J connectivity index is 1.89. The maximum atomic E-state index is 12.4. The third kappa shape index (κ3) is 4.85. The molecule has 132 valence electrons. The number of hydrogen-bond donors (Lipinski definition) is 1. The molecule has 1 aromatic rings. The molecule has 1 saturated heterocycles. The molecule has 24 heavy (non-hydrogen) atoms. The number of halogens is 1. The summed E-state index contributed by atoms with van der Waals surface area (Å²) in [6.45, 7) is 2.09. The van der Waals surface area contributed by atoms with Gasteiger partial charge in [-0.3, -0.25) is 9.59 Å². The molecule has 1 aromatic carbocycles. The predicted molar refractivity (Wildman–Crippen MR) is 94.5 cm³/mol. The largest absolute Gasteiger partial charge is 0.495 e. The lowest BCUT2D eigenvalue weighted by Gasteiger charge is -2.18. The van der Waals surface area contributed by atoms with E-state index in [0.717, 1.165) is 13.0 Å². The molecule has 1 atom stereocenters. The lowest BCUT2D eigenvalue weighted by molar-refractivity contribution is -0.128. The lowest BCUT2D eigenvalue weighted by atomic mass is 10.1. The van der Waals surface area contributed by atoms with E-state index in [-0.39, 0.29) is 24.2 Å². The fourth-order valence-corrected chi connectivity index (χ4v) is 2.99. The van der Waals surface area contributed by atoms with Crippen molar-refractivity contribution >= 4 is 29.1 Å². The predicted octanol–water partition coefficient (Wildman–Crippen LogP) is 2.09. The molecule has 0 saturated carbocycles. The maximum absolute atomic E-state index is 12.4. The van der Waals surface area contributed by atoms with E-state index < -0.39 is 0 Å². The second kappa shape index (κ2) is 8.35. The Morgan fingerprint density at radius 1 is 1.46 bits per heavy atom. The van der Waals surface area contributed by atoms with Crippen LogP contribution in [0.1, 0.15) is 12.8 Å². The topological polar surface area (TPSA) is 61.9 Å². The first-order valence-electron chi connectivity index (χ1n) is 7.97. The van der Waals surface area contributed by atoms with E-state index in [9.17, 15) is 9.59 Å². The van der Waals surface area contributed by atoms with Gasteiger partial charge < -0.3 is 19.9 Å². The average molecular weight is 354 g/mol. The van der Waals surface area contributed by atoms with Crippen molar-refractivity contribution in [3.05, 3.63) is 23.2 Å². The minimum Gasteiger partial charge on any atom is -0.495 e. The maximum Gasteiger partial charge on any atom is 0.229 e. The van der Waals surface area contributed by atoms with Crippen LogP contribution >= 0.6 is 11.6 Å². The number of carbonyl (C=O) groups excluding carboxylic acids is 2. The zero-order valence-corrected chi connectivity index (χ0v) is 15.1. The molecule has 1 N–H and O–H groups in total.